The molecule has 3 unspecified atom stereocenters. The summed E-state index contributed by atoms with van der Waals surface area (Å²) in [5.41, 5.74) is 2.48. The van der Waals surface area contributed by atoms with Crippen LogP contribution in [0.15, 0.2) is 4.47 Å². The van der Waals surface area contributed by atoms with Crippen molar-refractivity contribution in [1.82, 2.24) is 15.1 Å². The van der Waals surface area contributed by atoms with Gasteiger partial charge in [-0.05, 0) is 79.4 Å². The van der Waals surface area contributed by atoms with Gasteiger partial charge in [-0.2, -0.15) is 5.10 Å². The van der Waals surface area contributed by atoms with Gasteiger partial charge in [0.25, 0.3) is 0 Å². The van der Waals surface area contributed by atoms with Crippen LogP contribution < -0.4 is 5.32 Å². The van der Waals surface area contributed by atoms with Gasteiger partial charge in [-0.15, -0.1) is 0 Å². The molecule has 1 aromatic heterocycles. The number of hydrogen-bond acceptors (Lipinski definition) is 2. The Balaban J connectivity index is 2.05. The monoisotopic (exact) mass is 355 g/mol. The quantitative estimate of drug-likeness (QED) is 0.779. The van der Waals surface area contributed by atoms with Crippen LogP contribution in [-0.2, 0) is 13.5 Å². The molecule has 1 heterocycles. The van der Waals surface area contributed by atoms with E-state index in [1.807, 2.05) is 0 Å². The molecule has 21 heavy (non-hydrogen) atoms. The summed E-state index contributed by atoms with van der Waals surface area (Å²) in [7, 11) is 2.07. The lowest BCUT2D eigenvalue weighted by Gasteiger charge is -2.35. The topological polar surface area (TPSA) is 29.9 Å². The second kappa shape index (κ2) is 7.77. The van der Waals surface area contributed by atoms with Crippen LogP contribution in [0.2, 0.25) is 0 Å². The smallest absolute Gasteiger partial charge is 0.0738 e. The van der Waals surface area contributed by atoms with Gasteiger partial charge in [0, 0.05) is 7.05 Å². The Bertz CT molecular complexity index is 455. The highest BCUT2D eigenvalue weighted by Gasteiger charge is 2.30. The summed E-state index contributed by atoms with van der Waals surface area (Å²) >= 11 is 3.73. The van der Waals surface area contributed by atoms with Gasteiger partial charge in [0.05, 0.1) is 15.9 Å². The molecule has 1 aromatic rings. The van der Waals surface area contributed by atoms with Crippen LogP contribution >= 0.6 is 15.9 Å². The van der Waals surface area contributed by atoms with Crippen molar-refractivity contribution in [2.75, 3.05) is 13.1 Å². The number of rotatable bonds is 6. The van der Waals surface area contributed by atoms with Crippen molar-refractivity contribution in [2.45, 2.75) is 52.9 Å². The molecule has 0 aromatic carbocycles. The molecule has 1 N–H and O–H groups in total. The predicted molar refractivity (Wildman–Crippen MR) is 92.5 cm³/mol. The van der Waals surface area contributed by atoms with E-state index in [4.69, 9.17) is 0 Å². The van der Waals surface area contributed by atoms with Crippen LogP contribution in [0.3, 0.4) is 0 Å². The third-order valence-corrected chi connectivity index (χ3v) is 5.98. The van der Waals surface area contributed by atoms with Crippen LogP contribution in [0, 0.1) is 24.7 Å². The van der Waals surface area contributed by atoms with Crippen molar-refractivity contribution in [2.24, 2.45) is 24.8 Å². The Hall–Kier alpha value is -0.350. The first-order chi connectivity index (χ1) is 10.0. The molecule has 1 fully saturated rings. The van der Waals surface area contributed by atoms with Crippen LogP contribution in [0.5, 0.6) is 0 Å². The van der Waals surface area contributed by atoms with Gasteiger partial charge in [-0.1, -0.05) is 20.3 Å². The molecule has 1 aliphatic rings. The largest absolute Gasteiger partial charge is 0.316 e. The van der Waals surface area contributed by atoms with Crippen molar-refractivity contribution in [1.29, 1.82) is 0 Å². The molecule has 1 aliphatic carbocycles. The van der Waals surface area contributed by atoms with Crippen molar-refractivity contribution in [3.05, 3.63) is 15.9 Å². The Labute approximate surface area is 138 Å². The van der Waals surface area contributed by atoms with Crippen molar-refractivity contribution in [3.63, 3.8) is 0 Å². The lowest BCUT2D eigenvalue weighted by Crippen LogP contribution is -2.34. The van der Waals surface area contributed by atoms with Crippen LogP contribution in [0.25, 0.3) is 0 Å². The maximum absolute atomic E-state index is 4.55. The van der Waals surface area contributed by atoms with E-state index in [-0.39, 0.29) is 0 Å². The minimum absolute atomic E-state index is 0.782. The van der Waals surface area contributed by atoms with E-state index in [2.05, 4.69) is 58.8 Å². The number of hydrogen-bond donors (Lipinski definition) is 1. The number of aromatic nitrogens is 2. The van der Waals surface area contributed by atoms with E-state index in [1.165, 1.54) is 42.4 Å². The second-order valence-electron chi connectivity index (χ2n) is 6.82. The van der Waals surface area contributed by atoms with Crippen LogP contribution in [0.1, 0.15) is 50.9 Å². The third-order valence-electron chi connectivity index (χ3n) is 4.95. The summed E-state index contributed by atoms with van der Waals surface area (Å²) in [5.74, 6) is 2.46. The first-order valence-electron chi connectivity index (χ1n) is 8.41. The Morgan fingerprint density at radius 3 is 2.71 bits per heavy atom. The summed E-state index contributed by atoms with van der Waals surface area (Å²) in [6.07, 6.45) is 6.49. The minimum atomic E-state index is 0.782. The van der Waals surface area contributed by atoms with Gasteiger partial charge in [-0.25, -0.2) is 0 Å². The molecule has 3 nitrogen and oxygen atoms in total. The standard InChI is InChI=1S/C17H30BrN3/c1-5-8-19-11-14-7-6-12(2)9-15(14)10-16-17(18)13(3)20-21(16)4/h12,14-15,19H,5-11H2,1-4H3. The summed E-state index contributed by atoms with van der Waals surface area (Å²) in [6.45, 7) is 9.06. The van der Waals surface area contributed by atoms with Crippen LogP contribution in [0.4, 0.5) is 0 Å². The van der Waals surface area contributed by atoms with E-state index in [0.29, 0.717) is 0 Å². The first-order valence-corrected chi connectivity index (χ1v) is 9.20. The number of halogens is 1. The highest BCUT2D eigenvalue weighted by molar-refractivity contribution is 9.10. The zero-order chi connectivity index (χ0) is 15.4. The van der Waals surface area contributed by atoms with E-state index >= 15 is 0 Å². The predicted octanol–water partition coefficient (Wildman–Crippen LogP) is 4.09. The highest BCUT2D eigenvalue weighted by atomic mass is 79.9. The normalized spacial score (nSPS) is 26.2. The molecule has 0 radical (unpaired) electrons. The molecule has 4 heteroatoms. The molecule has 120 valence electrons. The van der Waals surface area contributed by atoms with Crippen molar-refractivity contribution < 1.29 is 0 Å². The molecule has 0 bridgehead atoms. The number of aryl methyl sites for hydroxylation is 2. The minimum Gasteiger partial charge on any atom is -0.316 e. The molecule has 0 saturated heterocycles. The molecule has 2 rings (SSSR count). The lowest BCUT2D eigenvalue weighted by molar-refractivity contribution is 0.181. The molecule has 0 amide bonds. The first kappa shape index (κ1) is 17.0. The number of nitrogens with one attached hydrogen (secondary N) is 1. The van der Waals surface area contributed by atoms with E-state index in [1.54, 1.807) is 0 Å². The molecule has 0 spiro atoms. The van der Waals surface area contributed by atoms with Gasteiger partial charge in [0.2, 0.25) is 0 Å². The summed E-state index contributed by atoms with van der Waals surface area (Å²) in [4.78, 5) is 0. The lowest BCUT2D eigenvalue weighted by atomic mass is 9.72. The van der Waals surface area contributed by atoms with Gasteiger partial charge < -0.3 is 5.32 Å². The average Bonchev–Trinajstić information content (AvgIpc) is 2.68. The fraction of sp³-hybridized carbons (Fsp3) is 0.824. The average molecular weight is 356 g/mol. The summed E-state index contributed by atoms with van der Waals surface area (Å²) < 4.78 is 3.28. The molecule has 1 saturated carbocycles. The van der Waals surface area contributed by atoms with Crippen molar-refractivity contribution >= 4 is 15.9 Å². The zero-order valence-corrected chi connectivity index (χ0v) is 15.5. The van der Waals surface area contributed by atoms with Crippen molar-refractivity contribution in [3.8, 4) is 0 Å². The van der Waals surface area contributed by atoms with Crippen LogP contribution in [-0.4, -0.2) is 22.9 Å². The second-order valence-corrected chi connectivity index (χ2v) is 7.61. The third kappa shape index (κ3) is 4.32. The highest BCUT2D eigenvalue weighted by Crippen LogP contribution is 2.37. The Morgan fingerprint density at radius 2 is 2.10 bits per heavy atom. The van der Waals surface area contributed by atoms with Gasteiger partial charge >= 0.3 is 0 Å². The fourth-order valence-corrected chi connectivity index (χ4v) is 4.19. The fourth-order valence-electron chi connectivity index (χ4n) is 3.69. The molecule has 3 atom stereocenters. The maximum Gasteiger partial charge on any atom is 0.0738 e. The number of nitrogens with zero attached hydrogens (tertiary/aromatic N) is 2. The summed E-state index contributed by atoms with van der Waals surface area (Å²) in [6, 6.07) is 0. The van der Waals surface area contributed by atoms with E-state index < -0.39 is 0 Å². The zero-order valence-electron chi connectivity index (χ0n) is 14.0. The Morgan fingerprint density at radius 1 is 1.33 bits per heavy atom. The summed E-state index contributed by atoms with van der Waals surface area (Å²) in [5, 5.41) is 8.19. The maximum atomic E-state index is 4.55. The Kier molecular flexibility index (Phi) is 6.30. The molecular formula is C17H30BrN3. The SMILES string of the molecule is CCCNCC1CCC(C)CC1Cc1c(Br)c(C)nn1C. The van der Waals surface area contributed by atoms with Gasteiger partial charge in [-0.3, -0.25) is 4.68 Å². The van der Waals surface area contributed by atoms with E-state index in [0.717, 1.165) is 36.4 Å². The van der Waals surface area contributed by atoms with Gasteiger partial charge in [0.15, 0.2) is 0 Å². The molecular weight excluding hydrogens is 326 g/mol. The van der Waals surface area contributed by atoms with E-state index in [9.17, 15) is 0 Å². The van der Waals surface area contributed by atoms with Gasteiger partial charge in [0.1, 0.15) is 0 Å². The molecule has 0 aliphatic heterocycles.